The average Bonchev–Trinajstić information content (AvgIpc) is 3.21. The standard InChI is InChI=1S/C26H23N3O3S2/c1-17-11-12-22(14-18(17)2)29-24(30)16-33-26(29)20-7-3-9-21(15-20)28-34(31,32)23-10-4-6-19-8-5-13-27-25(19)23/h3-15,26,28H,16H2,1-2H3. The van der Waals surface area contributed by atoms with Gasteiger partial charge in [-0.3, -0.25) is 19.4 Å². The molecular formula is C26H23N3O3S2. The molecule has 1 aromatic heterocycles. The second kappa shape index (κ2) is 8.77. The number of aromatic nitrogens is 1. The number of hydrogen-bond acceptors (Lipinski definition) is 5. The monoisotopic (exact) mass is 489 g/mol. The summed E-state index contributed by atoms with van der Waals surface area (Å²) in [6.07, 6.45) is 1.58. The Morgan fingerprint density at radius 3 is 2.59 bits per heavy atom. The Hall–Kier alpha value is -3.36. The predicted molar refractivity (Wildman–Crippen MR) is 138 cm³/mol. The van der Waals surface area contributed by atoms with Crippen LogP contribution >= 0.6 is 11.8 Å². The summed E-state index contributed by atoms with van der Waals surface area (Å²) in [4.78, 5) is 18.9. The fraction of sp³-hybridized carbons (Fsp3) is 0.154. The molecule has 172 valence electrons. The molecule has 0 aliphatic carbocycles. The van der Waals surface area contributed by atoms with E-state index < -0.39 is 10.0 Å². The lowest BCUT2D eigenvalue weighted by Gasteiger charge is -2.25. The van der Waals surface area contributed by atoms with Crippen molar-refractivity contribution >= 4 is 50.0 Å². The molecular weight excluding hydrogens is 466 g/mol. The Labute approximate surface area is 203 Å². The first kappa shape index (κ1) is 22.4. The van der Waals surface area contributed by atoms with Gasteiger partial charge in [0.25, 0.3) is 10.0 Å². The maximum atomic E-state index is 13.2. The maximum absolute atomic E-state index is 13.2. The summed E-state index contributed by atoms with van der Waals surface area (Å²) < 4.78 is 29.2. The number of hydrogen-bond donors (Lipinski definition) is 1. The number of para-hydroxylation sites is 1. The zero-order valence-corrected chi connectivity index (χ0v) is 20.4. The summed E-state index contributed by atoms with van der Waals surface area (Å²) in [7, 11) is -3.87. The van der Waals surface area contributed by atoms with Gasteiger partial charge in [0.05, 0.1) is 11.3 Å². The molecule has 4 aromatic rings. The zero-order valence-electron chi connectivity index (χ0n) is 18.7. The number of pyridine rings is 1. The van der Waals surface area contributed by atoms with Crippen molar-refractivity contribution in [3.8, 4) is 0 Å². The molecule has 1 atom stereocenters. The lowest BCUT2D eigenvalue weighted by molar-refractivity contribution is -0.115. The molecule has 1 aliphatic heterocycles. The van der Waals surface area contributed by atoms with Gasteiger partial charge in [-0.25, -0.2) is 8.42 Å². The van der Waals surface area contributed by atoms with Crippen molar-refractivity contribution in [1.82, 2.24) is 4.98 Å². The molecule has 0 spiro atoms. The van der Waals surface area contributed by atoms with Crippen molar-refractivity contribution < 1.29 is 13.2 Å². The van der Waals surface area contributed by atoms with Crippen LogP contribution in [0, 0.1) is 13.8 Å². The SMILES string of the molecule is Cc1ccc(N2C(=O)CSC2c2cccc(NS(=O)(=O)c3cccc4cccnc34)c2)cc1C. The fourth-order valence-corrected chi connectivity index (χ4v) is 6.48. The number of sulfonamides is 1. The van der Waals surface area contributed by atoms with Crippen LogP contribution in [0.4, 0.5) is 11.4 Å². The summed E-state index contributed by atoms with van der Waals surface area (Å²) >= 11 is 1.53. The van der Waals surface area contributed by atoms with Gasteiger partial charge < -0.3 is 0 Å². The molecule has 1 saturated heterocycles. The van der Waals surface area contributed by atoms with E-state index in [1.54, 1.807) is 47.5 Å². The topological polar surface area (TPSA) is 79.4 Å². The van der Waals surface area contributed by atoms with E-state index in [0.717, 1.165) is 22.2 Å². The highest BCUT2D eigenvalue weighted by molar-refractivity contribution is 8.00. The number of fused-ring (bicyclic) bond motifs is 1. The Kier molecular flexibility index (Phi) is 5.79. The van der Waals surface area contributed by atoms with E-state index >= 15 is 0 Å². The van der Waals surface area contributed by atoms with E-state index in [9.17, 15) is 13.2 Å². The van der Waals surface area contributed by atoms with Crippen LogP contribution in [0.15, 0.2) is 83.9 Å². The van der Waals surface area contributed by atoms with Crippen LogP contribution in [0.2, 0.25) is 0 Å². The molecule has 6 nitrogen and oxygen atoms in total. The minimum absolute atomic E-state index is 0.0334. The predicted octanol–water partition coefficient (Wildman–Crippen LogP) is 5.43. The van der Waals surface area contributed by atoms with Gasteiger partial charge in [0.2, 0.25) is 5.91 Å². The van der Waals surface area contributed by atoms with Crippen LogP contribution < -0.4 is 9.62 Å². The number of benzene rings is 3. The Bertz CT molecular complexity index is 1510. The third-order valence-electron chi connectivity index (χ3n) is 5.95. The van der Waals surface area contributed by atoms with Crippen LogP contribution in [0.1, 0.15) is 22.1 Å². The van der Waals surface area contributed by atoms with Gasteiger partial charge in [-0.1, -0.05) is 36.4 Å². The Balaban J connectivity index is 1.47. The molecule has 0 radical (unpaired) electrons. The number of rotatable bonds is 5. The molecule has 1 amide bonds. The molecule has 1 N–H and O–H groups in total. The van der Waals surface area contributed by atoms with Crippen LogP contribution in [0.5, 0.6) is 0 Å². The van der Waals surface area contributed by atoms with Gasteiger partial charge in [0.15, 0.2) is 0 Å². The number of amides is 1. The number of anilines is 2. The normalized spacial score (nSPS) is 16.2. The molecule has 0 bridgehead atoms. The van der Waals surface area contributed by atoms with Crippen molar-refractivity contribution in [2.75, 3.05) is 15.4 Å². The third-order valence-corrected chi connectivity index (χ3v) is 8.57. The lowest BCUT2D eigenvalue weighted by Crippen LogP contribution is -2.28. The number of carbonyl (C=O) groups excluding carboxylic acids is 1. The van der Waals surface area contributed by atoms with Crippen molar-refractivity contribution in [2.24, 2.45) is 0 Å². The Morgan fingerprint density at radius 1 is 0.971 bits per heavy atom. The van der Waals surface area contributed by atoms with Gasteiger partial charge in [-0.15, -0.1) is 11.8 Å². The minimum Gasteiger partial charge on any atom is -0.295 e. The molecule has 8 heteroatoms. The first-order chi connectivity index (χ1) is 16.3. The molecule has 2 heterocycles. The number of carbonyl (C=O) groups is 1. The zero-order chi connectivity index (χ0) is 23.9. The van der Waals surface area contributed by atoms with Crippen molar-refractivity contribution in [1.29, 1.82) is 0 Å². The van der Waals surface area contributed by atoms with Gasteiger partial charge in [-0.2, -0.15) is 0 Å². The fourth-order valence-electron chi connectivity index (χ4n) is 4.08. The van der Waals surface area contributed by atoms with Crippen LogP contribution in [0.25, 0.3) is 10.9 Å². The third kappa shape index (κ3) is 4.15. The highest BCUT2D eigenvalue weighted by Gasteiger charge is 2.34. The van der Waals surface area contributed by atoms with E-state index in [1.807, 2.05) is 50.2 Å². The molecule has 1 aliphatic rings. The van der Waals surface area contributed by atoms with Crippen LogP contribution in [-0.2, 0) is 14.8 Å². The second-order valence-electron chi connectivity index (χ2n) is 8.26. The maximum Gasteiger partial charge on any atom is 0.264 e. The average molecular weight is 490 g/mol. The van der Waals surface area contributed by atoms with E-state index in [4.69, 9.17) is 0 Å². The van der Waals surface area contributed by atoms with Gasteiger partial charge >= 0.3 is 0 Å². The second-order valence-corrected chi connectivity index (χ2v) is 11.0. The van der Waals surface area contributed by atoms with Crippen LogP contribution in [0.3, 0.4) is 0 Å². The molecule has 1 unspecified atom stereocenters. The Morgan fingerprint density at radius 2 is 1.76 bits per heavy atom. The van der Waals surface area contributed by atoms with Gasteiger partial charge in [-0.05, 0) is 66.9 Å². The van der Waals surface area contributed by atoms with E-state index in [0.29, 0.717) is 17.0 Å². The largest absolute Gasteiger partial charge is 0.295 e. The first-order valence-electron chi connectivity index (χ1n) is 10.8. The molecule has 0 saturated carbocycles. The van der Waals surface area contributed by atoms with Crippen molar-refractivity contribution in [3.05, 3.63) is 95.7 Å². The van der Waals surface area contributed by atoms with E-state index in [1.165, 1.54) is 17.3 Å². The molecule has 3 aromatic carbocycles. The van der Waals surface area contributed by atoms with Gasteiger partial charge in [0, 0.05) is 23.0 Å². The molecule has 1 fully saturated rings. The molecule has 34 heavy (non-hydrogen) atoms. The van der Waals surface area contributed by atoms with Crippen LogP contribution in [-0.4, -0.2) is 25.1 Å². The number of nitrogens with zero attached hydrogens (tertiary/aromatic N) is 2. The highest BCUT2D eigenvalue weighted by Crippen LogP contribution is 2.42. The summed E-state index contributed by atoms with van der Waals surface area (Å²) in [5.41, 5.74) is 4.84. The molecule has 5 rings (SSSR count). The first-order valence-corrected chi connectivity index (χ1v) is 13.3. The highest BCUT2D eigenvalue weighted by atomic mass is 32.2. The summed E-state index contributed by atoms with van der Waals surface area (Å²) in [6, 6.07) is 21.9. The van der Waals surface area contributed by atoms with Crippen molar-refractivity contribution in [3.63, 3.8) is 0 Å². The smallest absolute Gasteiger partial charge is 0.264 e. The number of thioether (sulfide) groups is 1. The number of nitrogens with one attached hydrogen (secondary N) is 1. The lowest BCUT2D eigenvalue weighted by atomic mass is 10.1. The van der Waals surface area contributed by atoms with Crippen molar-refractivity contribution in [2.45, 2.75) is 24.1 Å². The summed E-state index contributed by atoms with van der Waals surface area (Å²) in [5, 5.41) is 0.516. The summed E-state index contributed by atoms with van der Waals surface area (Å²) in [6.45, 7) is 4.07. The summed E-state index contributed by atoms with van der Waals surface area (Å²) in [5.74, 6) is 0.404. The van der Waals surface area contributed by atoms with E-state index in [-0.39, 0.29) is 16.2 Å². The van der Waals surface area contributed by atoms with Gasteiger partial charge in [0.1, 0.15) is 10.3 Å². The van der Waals surface area contributed by atoms with E-state index in [2.05, 4.69) is 9.71 Å². The number of aryl methyl sites for hydroxylation is 2. The minimum atomic E-state index is -3.87. The quantitative estimate of drug-likeness (QED) is 0.404.